The Morgan fingerprint density at radius 3 is 2.24 bits per heavy atom. The zero-order chi connectivity index (χ0) is 18.6. The molecule has 0 atom stereocenters. The van der Waals surface area contributed by atoms with Crippen LogP contribution in [0.4, 0.5) is 0 Å². The summed E-state index contributed by atoms with van der Waals surface area (Å²) in [4.78, 5) is 11.9. The van der Waals surface area contributed by atoms with Gasteiger partial charge in [0.1, 0.15) is 5.75 Å². The summed E-state index contributed by atoms with van der Waals surface area (Å²) >= 11 is 6.09. The molecule has 2 aromatic rings. The molecule has 134 valence electrons. The van der Waals surface area contributed by atoms with Crippen LogP contribution in [-0.4, -0.2) is 20.9 Å². The van der Waals surface area contributed by atoms with Crippen LogP contribution in [0.15, 0.2) is 41.3 Å². The third-order valence-corrected chi connectivity index (χ3v) is 5.05. The van der Waals surface area contributed by atoms with E-state index >= 15 is 0 Å². The molecule has 2 rings (SSSR count). The number of amides is 1. The van der Waals surface area contributed by atoms with Crippen molar-refractivity contribution in [3.8, 4) is 5.75 Å². The number of carbonyl (C=O) groups is 1. The molecule has 0 heterocycles. The molecular formula is C17H19ClN2O4S. The predicted molar refractivity (Wildman–Crippen MR) is 96.1 cm³/mol. The van der Waals surface area contributed by atoms with Crippen LogP contribution in [0.3, 0.4) is 0 Å². The Balaban J connectivity index is 1.87. The fourth-order valence-electron chi connectivity index (χ4n) is 2.19. The molecule has 0 aliphatic carbocycles. The zero-order valence-corrected chi connectivity index (χ0v) is 15.4. The maximum atomic E-state index is 11.9. The van der Waals surface area contributed by atoms with Gasteiger partial charge < -0.3 is 10.1 Å². The van der Waals surface area contributed by atoms with Crippen molar-refractivity contribution in [3.63, 3.8) is 0 Å². The number of hydrogen-bond donors (Lipinski definition) is 2. The molecule has 0 unspecified atom stereocenters. The second-order valence-corrected chi connectivity index (χ2v) is 7.56. The number of hydrogen-bond acceptors (Lipinski definition) is 4. The molecular weight excluding hydrogens is 364 g/mol. The van der Waals surface area contributed by atoms with Crippen molar-refractivity contribution in [2.45, 2.75) is 25.3 Å². The van der Waals surface area contributed by atoms with Gasteiger partial charge in [-0.25, -0.2) is 13.6 Å². The van der Waals surface area contributed by atoms with Crippen molar-refractivity contribution in [1.82, 2.24) is 5.32 Å². The van der Waals surface area contributed by atoms with Crippen LogP contribution in [0.2, 0.25) is 5.02 Å². The number of ether oxygens (including phenoxy) is 1. The van der Waals surface area contributed by atoms with Gasteiger partial charge >= 0.3 is 0 Å². The van der Waals surface area contributed by atoms with E-state index in [-0.39, 0.29) is 24.0 Å². The Bertz CT molecular complexity index is 857. The predicted octanol–water partition coefficient (Wildman–Crippen LogP) is 2.30. The maximum Gasteiger partial charge on any atom is 0.258 e. The van der Waals surface area contributed by atoms with Crippen LogP contribution in [0.5, 0.6) is 5.75 Å². The van der Waals surface area contributed by atoms with Crippen LogP contribution >= 0.6 is 11.6 Å². The van der Waals surface area contributed by atoms with Gasteiger partial charge in [-0.05, 0) is 54.8 Å². The lowest BCUT2D eigenvalue weighted by Gasteiger charge is -2.10. The molecule has 0 aliphatic rings. The Morgan fingerprint density at radius 2 is 1.72 bits per heavy atom. The van der Waals surface area contributed by atoms with E-state index in [9.17, 15) is 13.2 Å². The highest BCUT2D eigenvalue weighted by molar-refractivity contribution is 7.89. The van der Waals surface area contributed by atoms with Gasteiger partial charge in [-0.15, -0.1) is 0 Å². The summed E-state index contributed by atoms with van der Waals surface area (Å²) < 4.78 is 27.8. The summed E-state index contributed by atoms with van der Waals surface area (Å²) in [6.07, 6.45) is 0. The van der Waals surface area contributed by atoms with Crippen molar-refractivity contribution >= 4 is 27.5 Å². The summed E-state index contributed by atoms with van der Waals surface area (Å²) in [5, 5.41) is 8.41. The lowest BCUT2D eigenvalue weighted by molar-refractivity contribution is -0.123. The van der Waals surface area contributed by atoms with Crippen LogP contribution in [-0.2, 0) is 21.4 Å². The van der Waals surface area contributed by atoms with Crippen molar-refractivity contribution < 1.29 is 17.9 Å². The van der Waals surface area contributed by atoms with Crippen LogP contribution in [0, 0.1) is 13.8 Å². The summed E-state index contributed by atoms with van der Waals surface area (Å²) in [5.74, 6) is 0.285. The number of benzene rings is 2. The van der Waals surface area contributed by atoms with Crippen molar-refractivity contribution in [2.75, 3.05) is 6.61 Å². The number of halogens is 1. The number of nitrogens with two attached hydrogens (primary N) is 1. The molecule has 2 aromatic carbocycles. The Labute approximate surface area is 152 Å². The second-order valence-electron chi connectivity index (χ2n) is 5.63. The van der Waals surface area contributed by atoms with Gasteiger partial charge in [0, 0.05) is 11.6 Å². The molecule has 25 heavy (non-hydrogen) atoms. The van der Waals surface area contributed by atoms with Gasteiger partial charge in [-0.1, -0.05) is 23.7 Å². The summed E-state index contributed by atoms with van der Waals surface area (Å²) in [5.41, 5.74) is 2.51. The number of primary sulfonamides is 1. The van der Waals surface area contributed by atoms with E-state index in [1.54, 1.807) is 24.3 Å². The van der Waals surface area contributed by atoms with Crippen LogP contribution in [0.25, 0.3) is 0 Å². The molecule has 0 spiro atoms. The van der Waals surface area contributed by atoms with Gasteiger partial charge in [0.25, 0.3) is 5.91 Å². The fraction of sp³-hybridized carbons (Fsp3) is 0.235. The summed E-state index contributed by atoms with van der Waals surface area (Å²) in [6.45, 7) is 3.86. The first kappa shape index (κ1) is 19.2. The van der Waals surface area contributed by atoms with Crippen LogP contribution < -0.4 is 15.2 Å². The molecule has 0 aromatic heterocycles. The molecule has 6 nitrogen and oxygen atoms in total. The van der Waals surface area contributed by atoms with E-state index in [4.69, 9.17) is 21.5 Å². The fourth-order valence-corrected chi connectivity index (χ4v) is 2.81. The monoisotopic (exact) mass is 382 g/mol. The number of aryl methyl sites for hydroxylation is 2. The summed E-state index contributed by atoms with van der Waals surface area (Å²) in [6, 6.07) is 9.52. The van der Waals surface area contributed by atoms with Gasteiger partial charge in [-0.2, -0.15) is 0 Å². The largest absolute Gasteiger partial charge is 0.484 e. The first-order chi connectivity index (χ1) is 11.7. The molecule has 0 saturated carbocycles. The van der Waals surface area contributed by atoms with Gasteiger partial charge in [0.15, 0.2) is 6.61 Å². The minimum atomic E-state index is -3.72. The summed E-state index contributed by atoms with van der Waals surface area (Å²) in [7, 11) is -3.72. The third kappa shape index (κ3) is 5.45. The van der Waals surface area contributed by atoms with E-state index in [0.29, 0.717) is 10.8 Å². The maximum absolute atomic E-state index is 11.9. The molecule has 1 amide bonds. The first-order valence-electron chi connectivity index (χ1n) is 7.45. The number of nitrogens with one attached hydrogen (secondary N) is 1. The van der Waals surface area contributed by atoms with Crippen molar-refractivity contribution in [2.24, 2.45) is 5.14 Å². The Morgan fingerprint density at radius 1 is 1.16 bits per heavy atom. The second kappa shape index (κ2) is 7.86. The Kier molecular flexibility index (Phi) is 6.05. The topological polar surface area (TPSA) is 98.5 Å². The average Bonchev–Trinajstić information content (AvgIpc) is 2.55. The quantitative estimate of drug-likeness (QED) is 0.800. The molecule has 8 heteroatoms. The normalized spacial score (nSPS) is 11.2. The molecule has 0 fully saturated rings. The third-order valence-electron chi connectivity index (χ3n) is 3.52. The van der Waals surface area contributed by atoms with Crippen molar-refractivity contribution in [3.05, 3.63) is 58.1 Å². The van der Waals surface area contributed by atoms with Gasteiger partial charge in [0.05, 0.1) is 4.90 Å². The van der Waals surface area contributed by atoms with Gasteiger partial charge in [0.2, 0.25) is 10.0 Å². The minimum Gasteiger partial charge on any atom is -0.484 e. The minimum absolute atomic E-state index is 0.0272. The molecule has 0 saturated heterocycles. The number of sulfonamides is 1. The SMILES string of the molecule is Cc1cc(OCC(=O)NCc2ccc(S(N)(=O)=O)cc2)cc(C)c1Cl. The van der Waals surface area contributed by atoms with Gasteiger partial charge in [-0.3, -0.25) is 4.79 Å². The van der Waals surface area contributed by atoms with E-state index in [1.165, 1.54) is 12.1 Å². The van der Waals surface area contributed by atoms with E-state index in [2.05, 4.69) is 5.32 Å². The van der Waals surface area contributed by atoms with Crippen molar-refractivity contribution in [1.29, 1.82) is 0 Å². The highest BCUT2D eigenvalue weighted by atomic mass is 35.5. The Hall–Kier alpha value is -2.09. The first-order valence-corrected chi connectivity index (χ1v) is 9.37. The standard InChI is InChI=1S/C17H19ClN2O4S/c1-11-7-14(8-12(2)17(11)18)24-10-16(21)20-9-13-3-5-15(6-4-13)25(19,22)23/h3-8H,9-10H2,1-2H3,(H,20,21)(H2,19,22,23). The molecule has 0 bridgehead atoms. The smallest absolute Gasteiger partial charge is 0.258 e. The average molecular weight is 383 g/mol. The number of rotatable bonds is 6. The lowest BCUT2D eigenvalue weighted by atomic mass is 10.1. The van der Waals surface area contributed by atoms with E-state index < -0.39 is 10.0 Å². The van der Waals surface area contributed by atoms with Crippen LogP contribution in [0.1, 0.15) is 16.7 Å². The lowest BCUT2D eigenvalue weighted by Crippen LogP contribution is -2.28. The molecule has 0 radical (unpaired) electrons. The van der Waals surface area contributed by atoms with E-state index in [1.807, 2.05) is 13.8 Å². The molecule has 0 aliphatic heterocycles. The highest BCUT2D eigenvalue weighted by Gasteiger charge is 2.08. The number of carbonyl (C=O) groups excluding carboxylic acids is 1. The highest BCUT2D eigenvalue weighted by Crippen LogP contribution is 2.25. The molecule has 3 N–H and O–H groups in total. The van der Waals surface area contributed by atoms with E-state index in [0.717, 1.165) is 16.7 Å². The zero-order valence-electron chi connectivity index (χ0n) is 13.9.